The van der Waals surface area contributed by atoms with Crippen LogP contribution in [0.25, 0.3) is 0 Å². The Hall–Kier alpha value is -1.10. The van der Waals surface area contributed by atoms with Gasteiger partial charge in [0.1, 0.15) is 5.75 Å². The molecule has 20 heavy (non-hydrogen) atoms. The molecular formula is C16H27N3O. The summed E-state index contributed by atoms with van der Waals surface area (Å²) < 4.78 is 0. The number of phenols is 1. The Balaban J connectivity index is 1.81. The van der Waals surface area contributed by atoms with Crippen LogP contribution in [0.1, 0.15) is 11.1 Å². The second-order valence-corrected chi connectivity index (χ2v) is 6.00. The molecule has 0 radical (unpaired) electrons. The molecule has 4 nitrogen and oxygen atoms in total. The molecule has 1 N–H and O–H groups in total. The molecule has 0 amide bonds. The zero-order valence-corrected chi connectivity index (χ0v) is 13.0. The van der Waals surface area contributed by atoms with Crippen molar-refractivity contribution >= 4 is 0 Å². The van der Waals surface area contributed by atoms with Crippen molar-refractivity contribution in [2.75, 3.05) is 53.4 Å². The lowest BCUT2D eigenvalue weighted by atomic mass is 10.1. The number of benzene rings is 1. The number of hydrogen-bond donors (Lipinski definition) is 1. The summed E-state index contributed by atoms with van der Waals surface area (Å²) >= 11 is 0. The molecule has 2 rings (SSSR count). The van der Waals surface area contributed by atoms with Crippen molar-refractivity contribution < 1.29 is 5.11 Å². The lowest BCUT2D eigenvalue weighted by molar-refractivity contribution is 0.120. The fourth-order valence-corrected chi connectivity index (χ4v) is 2.60. The van der Waals surface area contributed by atoms with E-state index in [2.05, 4.69) is 28.8 Å². The van der Waals surface area contributed by atoms with E-state index in [4.69, 9.17) is 0 Å². The van der Waals surface area contributed by atoms with Crippen LogP contribution in [0.4, 0.5) is 0 Å². The second kappa shape index (κ2) is 7.07. The van der Waals surface area contributed by atoms with Gasteiger partial charge >= 0.3 is 0 Å². The maximum absolute atomic E-state index is 10.1. The molecule has 0 atom stereocenters. The predicted molar refractivity (Wildman–Crippen MR) is 83.1 cm³/mol. The zero-order valence-electron chi connectivity index (χ0n) is 13.0. The lowest BCUT2D eigenvalue weighted by Crippen LogP contribution is -2.47. The highest BCUT2D eigenvalue weighted by Crippen LogP contribution is 2.23. The largest absolute Gasteiger partial charge is 0.507 e. The zero-order chi connectivity index (χ0) is 14.5. The average molecular weight is 277 g/mol. The van der Waals surface area contributed by atoms with Crippen LogP contribution in [-0.4, -0.2) is 73.2 Å². The number of hydrogen-bond acceptors (Lipinski definition) is 4. The molecule has 1 aromatic carbocycles. The Morgan fingerprint density at radius 3 is 2.40 bits per heavy atom. The van der Waals surface area contributed by atoms with Gasteiger partial charge in [0.15, 0.2) is 0 Å². The van der Waals surface area contributed by atoms with Crippen LogP contribution >= 0.6 is 0 Å². The highest BCUT2D eigenvalue weighted by atomic mass is 16.3. The third-order valence-corrected chi connectivity index (χ3v) is 4.04. The molecule has 1 fully saturated rings. The maximum atomic E-state index is 10.1. The van der Waals surface area contributed by atoms with Gasteiger partial charge in [0.25, 0.3) is 0 Å². The van der Waals surface area contributed by atoms with Gasteiger partial charge in [0.05, 0.1) is 0 Å². The first kappa shape index (κ1) is 15.3. The first-order valence-electron chi connectivity index (χ1n) is 7.43. The van der Waals surface area contributed by atoms with Gasteiger partial charge in [-0.05, 0) is 26.6 Å². The SMILES string of the molecule is Cc1cccc(CN2CCN(CCN(C)C)CC2)c1O. The summed E-state index contributed by atoms with van der Waals surface area (Å²) in [6.45, 7) is 9.50. The maximum Gasteiger partial charge on any atom is 0.122 e. The summed E-state index contributed by atoms with van der Waals surface area (Å²) in [5, 5.41) is 10.1. The quantitative estimate of drug-likeness (QED) is 0.881. The fourth-order valence-electron chi connectivity index (χ4n) is 2.60. The number of rotatable bonds is 5. The normalized spacial score (nSPS) is 17.8. The van der Waals surface area contributed by atoms with Crippen molar-refractivity contribution in [2.45, 2.75) is 13.5 Å². The smallest absolute Gasteiger partial charge is 0.122 e. The highest BCUT2D eigenvalue weighted by molar-refractivity contribution is 5.39. The summed E-state index contributed by atoms with van der Waals surface area (Å²) in [6.07, 6.45) is 0. The van der Waals surface area contributed by atoms with Gasteiger partial charge in [-0.25, -0.2) is 0 Å². The number of aromatic hydroxyl groups is 1. The average Bonchev–Trinajstić information content (AvgIpc) is 2.43. The van der Waals surface area contributed by atoms with Crippen molar-refractivity contribution in [3.8, 4) is 5.75 Å². The number of phenolic OH excluding ortho intramolecular Hbond substituents is 1. The summed E-state index contributed by atoms with van der Waals surface area (Å²) in [6, 6.07) is 6.01. The molecule has 0 aliphatic carbocycles. The van der Waals surface area contributed by atoms with Crippen molar-refractivity contribution in [1.82, 2.24) is 14.7 Å². The molecule has 0 spiro atoms. The molecule has 1 saturated heterocycles. The van der Waals surface area contributed by atoms with Crippen molar-refractivity contribution in [1.29, 1.82) is 0 Å². The number of aryl methyl sites for hydroxylation is 1. The molecule has 1 heterocycles. The first-order chi connectivity index (χ1) is 9.56. The second-order valence-electron chi connectivity index (χ2n) is 6.00. The van der Waals surface area contributed by atoms with Crippen LogP contribution in [0, 0.1) is 6.92 Å². The predicted octanol–water partition coefficient (Wildman–Crippen LogP) is 1.38. The molecule has 0 unspecified atom stereocenters. The fraction of sp³-hybridized carbons (Fsp3) is 0.625. The molecule has 1 aliphatic rings. The minimum atomic E-state index is 0.461. The Morgan fingerprint density at radius 2 is 1.75 bits per heavy atom. The Morgan fingerprint density at radius 1 is 1.10 bits per heavy atom. The van der Waals surface area contributed by atoms with Crippen molar-refractivity contribution in [3.05, 3.63) is 29.3 Å². The van der Waals surface area contributed by atoms with Gasteiger partial charge in [-0.3, -0.25) is 9.80 Å². The Kier molecular flexibility index (Phi) is 5.40. The summed E-state index contributed by atoms with van der Waals surface area (Å²) in [5.74, 6) is 0.461. The number of piperazine rings is 1. The highest BCUT2D eigenvalue weighted by Gasteiger charge is 2.17. The van der Waals surface area contributed by atoms with E-state index >= 15 is 0 Å². The number of nitrogens with zero attached hydrogens (tertiary/aromatic N) is 3. The van der Waals surface area contributed by atoms with Gasteiger partial charge in [0, 0.05) is 51.4 Å². The number of likely N-dealkylation sites (N-methyl/N-ethyl adjacent to an activating group) is 1. The molecule has 0 saturated carbocycles. The van der Waals surface area contributed by atoms with Gasteiger partial charge in [-0.1, -0.05) is 18.2 Å². The van der Waals surface area contributed by atoms with Crippen LogP contribution in [-0.2, 0) is 6.54 Å². The van der Waals surface area contributed by atoms with Crippen molar-refractivity contribution in [3.63, 3.8) is 0 Å². The van der Waals surface area contributed by atoms with Gasteiger partial charge in [-0.15, -0.1) is 0 Å². The van der Waals surface area contributed by atoms with E-state index in [9.17, 15) is 5.11 Å². The topological polar surface area (TPSA) is 30.0 Å². The molecule has 1 aliphatic heterocycles. The third-order valence-electron chi connectivity index (χ3n) is 4.04. The number of para-hydroxylation sites is 1. The lowest BCUT2D eigenvalue weighted by Gasteiger charge is -2.35. The Bertz CT molecular complexity index is 426. The minimum absolute atomic E-state index is 0.461. The molecule has 0 aromatic heterocycles. The van der Waals surface area contributed by atoms with E-state index in [0.29, 0.717) is 5.75 Å². The summed E-state index contributed by atoms with van der Waals surface area (Å²) in [5.41, 5.74) is 2.01. The van der Waals surface area contributed by atoms with Crippen molar-refractivity contribution in [2.24, 2.45) is 0 Å². The van der Waals surface area contributed by atoms with E-state index in [1.807, 2.05) is 25.1 Å². The van der Waals surface area contributed by atoms with E-state index < -0.39 is 0 Å². The molecule has 4 heteroatoms. The molecular weight excluding hydrogens is 250 g/mol. The van der Waals surface area contributed by atoms with E-state index in [-0.39, 0.29) is 0 Å². The molecule has 1 aromatic rings. The standard InChI is InChI=1S/C16H27N3O/c1-14-5-4-6-15(16(14)20)13-19-11-9-18(10-12-19)8-7-17(2)3/h4-6,20H,7-13H2,1-3H3. The van der Waals surface area contributed by atoms with E-state index in [1.54, 1.807) is 0 Å². The van der Waals surface area contributed by atoms with Crippen LogP contribution in [0.2, 0.25) is 0 Å². The first-order valence-corrected chi connectivity index (χ1v) is 7.43. The van der Waals surface area contributed by atoms with E-state index in [0.717, 1.165) is 56.9 Å². The molecule has 0 bridgehead atoms. The van der Waals surface area contributed by atoms with Crippen LogP contribution in [0.5, 0.6) is 5.75 Å². The Labute approximate surface area is 122 Å². The van der Waals surface area contributed by atoms with E-state index in [1.165, 1.54) is 0 Å². The minimum Gasteiger partial charge on any atom is -0.507 e. The summed E-state index contributed by atoms with van der Waals surface area (Å²) in [4.78, 5) is 7.18. The van der Waals surface area contributed by atoms with Crippen LogP contribution < -0.4 is 0 Å². The van der Waals surface area contributed by atoms with Gasteiger partial charge in [-0.2, -0.15) is 0 Å². The monoisotopic (exact) mass is 277 g/mol. The molecule has 112 valence electrons. The van der Waals surface area contributed by atoms with Crippen LogP contribution in [0.3, 0.4) is 0 Å². The third kappa shape index (κ3) is 4.20. The van der Waals surface area contributed by atoms with Gasteiger partial charge < -0.3 is 10.0 Å². The van der Waals surface area contributed by atoms with Crippen LogP contribution in [0.15, 0.2) is 18.2 Å². The van der Waals surface area contributed by atoms with Gasteiger partial charge in [0.2, 0.25) is 0 Å². The summed E-state index contributed by atoms with van der Waals surface area (Å²) in [7, 11) is 4.24.